The number of rotatable bonds is 8. The molecular weight excluding hydrogens is 482 g/mol. The molecule has 2 unspecified atom stereocenters. The number of anilines is 1. The lowest BCUT2D eigenvalue weighted by atomic mass is 10.1. The van der Waals surface area contributed by atoms with E-state index in [2.05, 4.69) is 5.32 Å². The van der Waals surface area contributed by atoms with Gasteiger partial charge in [-0.25, -0.2) is 18.7 Å². The number of ketones is 1. The zero-order chi connectivity index (χ0) is 20.1. The molecule has 3 N–H and O–H groups in total. The molecule has 2 rings (SSSR count). The van der Waals surface area contributed by atoms with E-state index in [0.717, 1.165) is 10.6 Å². The minimum Gasteiger partial charge on any atom is -0.394 e. The lowest BCUT2D eigenvalue weighted by molar-refractivity contribution is 0.0169. The molecular formula is C16H17F3IN3O4. The molecule has 1 amide bonds. The smallest absolute Gasteiger partial charge is 0.302 e. The van der Waals surface area contributed by atoms with Crippen LogP contribution >= 0.6 is 22.6 Å². The van der Waals surface area contributed by atoms with Crippen LogP contribution in [0.5, 0.6) is 0 Å². The first kappa shape index (κ1) is 21.4. The van der Waals surface area contributed by atoms with Crippen molar-refractivity contribution >= 4 is 40.1 Å². The largest absolute Gasteiger partial charge is 0.394 e. The SMILES string of the molecule is Cn1c(C(=O)C(F)F)cc(C(=O)NOCCO)c1NC1C=CC(I)=CC1F. The molecule has 0 bridgehead atoms. The summed E-state index contributed by atoms with van der Waals surface area (Å²) in [6, 6.07) is 0.116. The molecule has 148 valence electrons. The summed E-state index contributed by atoms with van der Waals surface area (Å²) in [5, 5.41) is 11.4. The quantitative estimate of drug-likeness (QED) is 0.221. The Kier molecular flexibility index (Phi) is 7.44. The van der Waals surface area contributed by atoms with E-state index in [4.69, 9.17) is 9.94 Å². The average Bonchev–Trinajstić information content (AvgIpc) is 2.93. The van der Waals surface area contributed by atoms with Gasteiger partial charge in [0, 0.05) is 10.6 Å². The van der Waals surface area contributed by atoms with Gasteiger partial charge in [-0.2, -0.15) is 0 Å². The van der Waals surface area contributed by atoms with E-state index < -0.39 is 36.0 Å². The molecule has 0 aliphatic heterocycles. The van der Waals surface area contributed by atoms with E-state index in [1.165, 1.54) is 19.2 Å². The van der Waals surface area contributed by atoms with E-state index >= 15 is 0 Å². The van der Waals surface area contributed by atoms with Crippen molar-refractivity contribution in [3.63, 3.8) is 0 Å². The first-order valence-corrected chi connectivity index (χ1v) is 8.85. The second-order valence-electron chi connectivity index (χ2n) is 5.54. The van der Waals surface area contributed by atoms with Crippen LogP contribution in [0.1, 0.15) is 20.8 Å². The third kappa shape index (κ3) is 5.11. The van der Waals surface area contributed by atoms with Crippen LogP contribution in [-0.4, -0.2) is 53.2 Å². The number of allylic oxidation sites excluding steroid dienone is 2. The van der Waals surface area contributed by atoms with Gasteiger partial charge in [0.25, 0.3) is 5.91 Å². The number of aromatic nitrogens is 1. The molecule has 0 spiro atoms. The number of carbonyl (C=O) groups excluding carboxylic acids is 2. The highest BCUT2D eigenvalue weighted by atomic mass is 127. The molecule has 0 saturated heterocycles. The lowest BCUT2D eigenvalue weighted by Crippen LogP contribution is -2.32. The first-order valence-electron chi connectivity index (χ1n) is 7.77. The summed E-state index contributed by atoms with van der Waals surface area (Å²) in [6.07, 6.45) is -0.144. The average molecular weight is 499 g/mol. The summed E-state index contributed by atoms with van der Waals surface area (Å²) in [4.78, 5) is 28.7. The Morgan fingerprint density at radius 3 is 2.74 bits per heavy atom. The minimum atomic E-state index is -3.26. The number of nitrogens with one attached hydrogen (secondary N) is 2. The Labute approximate surface area is 166 Å². The summed E-state index contributed by atoms with van der Waals surface area (Å²) in [5.74, 6) is -2.33. The van der Waals surface area contributed by atoms with Gasteiger partial charge in [-0.3, -0.25) is 14.4 Å². The summed E-state index contributed by atoms with van der Waals surface area (Å²) < 4.78 is 41.7. The molecule has 1 aromatic rings. The molecule has 11 heteroatoms. The molecule has 1 aliphatic rings. The number of aliphatic hydroxyl groups excluding tert-OH is 1. The molecule has 2 atom stereocenters. The Hall–Kier alpha value is -1.86. The van der Waals surface area contributed by atoms with Crippen molar-refractivity contribution in [3.05, 3.63) is 39.1 Å². The maximum Gasteiger partial charge on any atom is 0.302 e. The molecule has 1 aromatic heterocycles. The lowest BCUT2D eigenvalue weighted by Gasteiger charge is -2.22. The summed E-state index contributed by atoms with van der Waals surface area (Å²) in [5.41, 5.74) is 1.44. The van der Waals surface area contributed by atoms with Crippen molar-refractivity contribution in [2.75, 3.05) is 18.5 Å². The highest BCUT2D eigenvalue weighted by Gasteiger charge is 2.29. The number of hydrogen-bond acceptors (Lipinski definition) is 5. The van der Waals surface area contributed by atoms with E-state index in [1.807, 2.05) is 28.1 Å². The highest BCUT2D eigenvalue weighted by Crippen LogP contribution is 2.27. The van der Waals surface area contributed by atoms with E-state index in [1.54, 1.807) is 6.08 Å². The van der Waals surface area contributed by atoms with Crippen LogP contribution in [-0.2, 0) is 11.9 Å². The van der Waals surface area contributed by atoms with Crippen molar-refractivity contribution < 1.29 is 32.7 Å². The number of hydrogen-bond donors (Lipinski definition) is 3. The maximum atomic E-state index is 14.2. The van der Waals surface area contributed by atoms with Gasteiger partial charge in [-0.15, -0.1) is 0 Å². The predicted molar refractivity (Wildman–Crippen MR) is 99.8 cm³/mol. The number of Topliss-reactive ketones (excluding diaryl/α,β-unsaturated/α-hetero) is 1. The Morgan fingerprint density at radius 2 is 2.15 bits per heavy atom. The van der Waals surface area contributed by atoms with Crippen LogP contribution in [0.2, 0.25) is 0 Å². The Bertz CT molecular complexity index is 779. The van der Waals surface area contributed by atoms with Crippen LogP contribution in [0.15, 0.2) is 27.9 Å². The molecule has 1 aliphatic carbocycles. The van der Waals surface area contributed by atoms with E-state index in [9.17, 15) is 22.8 Å². The van der Waals surface area contributed by atoms with Gasteiger partial charge in [0.1, 0.15) is 12.0 Å². The fraction of sp³-hybridized carbons (Fsp3) is 0.375. The van der Waals surface area contributed by atoms with Gasteiger partial charge in [0.05, 0.1) is 30.5 Å². The molecule has 0 aromatic carbocycles. The van der Waals surface area contributed by atoms with Crippen molar-refractivity contribution in [2.45, 2.75) is 18.6 Å². The van der Waals surface area contributed by atoms with E-state index in [0.29, 0.717) is 3.58 Å². The van der Waals surface area contributed by atoms with Crippen LogP contribution in [0.4, 0.5) is 19.0 Å². The number of nitrogens with zero attached hydrogens (tertiary/aromatic N) is 1. The highest BCUT2D eigenvalue weighted by molar-refractivity contribution is 14.1. The van der Waals surface area contributed by atoms with Gasteiger partial charge in [0.15, 0.2) is 0 Å². The molecule has 1 heterocycles. The zero-order valence-electron chi connectivity index (χ0n) is 14.1. The number of aliphatic hydroxyl groups is 1. The van der Waals surface area contributed by atoms with Crippen LogP contribution in [0.25, 0.3) is 0 Å². The number of amides is 1. The van der Waals surface area contributed by atoms with Crippen LogP contribution in [0.3, 0.4) is 0 Å². The molecule has 7 nitrogen and oxygen atoms in total. The fourth-order valence-electron chi connectivity index (χ4n) is 2.41. The van der Waals surface area contributed by atoms with Gasteiger partial charge in [-0.05, 0) is 34.7 Å². The van der Waals surface area contributed by atoms with Crippen molar-refractivity contribution in [1.29, 1.82) is 0 Å². The standard InChI is InChI=1S/C16H17F3IN3O4/c1-23-12(13(25)14(18)19)7-9(16(26)22-27-5-4-24)15(23)21-11-3-2-8(20)6-10(11)17/h2-3,6-7,10-11,14,21,24H,4-5H2,1H3,(H,22,26). The van der Waals surface area contributed by atoms with Gasteiger partial charge < -0.3 is 15.0 Å². The fourth-order valence-corrected chi connectivity index (χ4v) is 2.97. The third-order valence-electron chi connectivity index (χ3n) is 3.71. The summed E-state index contributed by atoms with van der Waals surface area (Å²) in [7, 11) is 1.31. The van der Waals surface area contributed by atoms with Gasteiger partial charge >= 0.3 is 6.43 Å². The molecule has 0 radical (unpaired) electrons. The Balaban J connectivity index is 2.36. The predicted octanol–water partition coefficient (Wildman–Crippen LogP) is 2.13. The first-order chi connectivity index (χ1) is 12.8. The van der Waals surface area contributed by atoms with Gasteiger partial charge in [0.2, 0.25) is 5.78 Å². The van der Waals surface area contributed by atoms with E-state index in [-0.39, 0.29) is 24.6 Å². The van der Waals surface area contributed by atoms with Crippen molar-refractivity contribution in [1.82, 2.24) is 10.0 Å². The summed E-state index contributed by atoms with van der Waals surface area (Å²) in [6.45, 7) is -0.540. The van der Waals surface area contributed by atoms with Crippen molar-refractivity contribution in [2.24, 2.45) is 7.05 Å². The number of alkyl halides is 3. The van der Waals surface area contributed by atoms with Crippen molar-refractivity contribution in [3.8, 4) is 0 Å². The molecule has 0 fully saturated rings. The number of halogens is 4. The summed E-state index contributed by atoms with van der Waals surface area (Å²) >= 11 is 1.95. The second kappa shape index (κ2) is 9.37. The minimum absolute atomic E-state index is 0.0216. The second-order valence-corrected chi connectivity index (χ2v) is 6.79. The number of carbonyl (C=O) groups is 2. The Morgan fingerprint density at radius 1 is 1.44 bits per heavy atom. The monoisotopic (exact) mass is 499 g/mol. The zero-order valence-corrected chi connectivity index (χ0v) is 16.2. The third-order valence-corrected chi connectivity index (χ3v) is 4.43. The molecule has 27 heavy (non-hydrogen) atoms. The topological polar surface area (TPSA) is 92.6 Å². The normalized spacial score (nSPS) is 19.1. The van der Waals surface area contributed by atoms with Crippen LogP contribution in [0, 0.1) is 0 Å². The van der Waals surface area contributed by atoms with Gasteiger partial charge in [-0.1, -0.05) is 12.2 Å². The van der Waals surface area contributed by atoms with Crippen LogP contribution < -0.4 is 10.8 Å². The maximum absolute atomic E-state index is 14.2. The molecule has 0 saturated carbocycles. The number of hydroxylamine groups is 1.